The molecule has 1 aliphatic heterocycles. The highest BCUT2D eigenvalue weighted by Gasteiger charge is 2.41. The molecule has 3 heterocycles. The Morgan fingerprint density at radius 1 is 1.34 bits per heavy atom. The highest BCUT2D eigenvalue weighted by molar-refractivity contribution is 5.70. The maximum atomic E-state index is 12.4. The Hall–Kier alpha value is -2.68. The minimum atomic E-state index is -0.648. The van der Waals surface area contributed by atoms with Crippen LogP contribution in [0.4, 0.5) is 16.4 Å². The highest BCUT2D eigenvalue weighted by Crippen LogP contribution is 2.37. The van der Waals surface area contributed by atoms with Gasteiger partial charge in [0.25, 0.3) is 0 Å². The molecule has 1 amide bonds. The van der Waals surface area contributed by atoms with Crippen molar-refractivity contribution in [3.63, 3.8) is 0 Å². The second-order valence-electron chi connectivity index (χ2n) is 8.57. The van der Waals surface area contributed by atoms with Crippen LogP contribution in [0.2, 0.25) is 0 Å². The van der Waals surface area contributed by atoms with E-state index in [4.69, 9.17) is 4.74 Å². The van der Waals surface area contributed by atoms with Crippen molar-refractivity contribution in [2.24, 2.45) is 0 Å². The van der Waals surface area contributed by atoms with Gasteiger partial charge < -0.3 is 20.1 Å². The van der Waals surface area contributed by atoms with E-state index in [0.29, 0.717) is 17.3 Å². The Balaban J connectivity index is 1.31. The van der Waals surface area contributed by atoms with E-state index in [2.05, 4.69) is 39.3 Å². The fourth-order valence-corrected chi connectivity index (χ4v) is 3.90. The molecule has 3 atom stereocenters. The predicted octanol–water partition coefficient (Wildman–Crippen LogP) is 3.25. The van der Waals surface area contributed by atoms with E-state index in [0.717, 1.165) is 37.9 Å². The SMILES string of the molecule is CC(O)c1cnc(Nc2cc([C@H]3CC[C@@H](OC(=O)N4CCC4(C)C)C3)[nH]n2)cn1. The van der Waals surface area contributed by atoms with Crippen molar-refractivity contribution < 1.29 is 14.6 Å². The highest BCUT2D eigenvalue weighted by atomic mass is 16.6. The number of carbonyl (C=O) groups excluding carboxylic acids is 1. The van der Waals surface area contributed by atoms with Crippen LogP contribution < -0.4 is 5.32 Å². The maximum absolute atomic E-state index is 12.4. The summed E-state index contributed by atoms with van der Waals surface area (Å²) in [5.74, 6) is 1.49. The molecule has 2 aliphatic rings. The van der Waals surface area contributed by atoms with Gasteiger partial charge in [0.1, 0.15) is 11.9 Å². The summed E-state index contributed by atoms with van der Waals surface area (Å²) in [5, 5.41) is 20.0. The number of carbonyl (C=O) groups is 1. The van der Waals surface area contributed by atoms with E-state index in [9.17, 15) is 9.90 Å². The smallest absolute Gasteiger partial charge is 0.410 e. The van der Waals surface area contributed by atoms with Crippen LogP contribution in [0.15, 0.2) is 18.5 Å². The van der Waals surface area contributed by atoms with Crippen molar-refractivity contribution >= 4 is 17.7 Å². The molecule has 0 aromatic carbocycles. The predicted molar refractivity (Wildman–Crippen MR) is 107 cm³/mol. The molecular weight excluding hydrogens is 372 g/mol. The van der Waals surface area contributed by atoms with E-state index < -0.39 is 6.10 Å². The first-order valence-corrected chi connectivity index (χ1v) is 10.1. The average molecular weight is 400 g/mol. The van der Waals surface area contributed by atoms with E-state index in [-0.39, 0.29) is 23.7 Å². The molecule has 29 heavy (non-hydrogen) atoms. The molecule has 4 rings (SSSR count). The van der Waals surface area contributed by atoms with Crippen LogP contribution in [0.1, 0.15) is 69.9 Å². The second-order valence-corrected chi connectivity index (χ2v) is 8.57. The summed E-state index contributed by atoms with van der Waals surface area (Å²) in [6.07, 6.45) is 5.83. The summed E-state index contributed by atoms with van der Waals surface area (Å²) in [7, 11) is 0. The fourth-order valence-electron chi connectivity index (χ4n) is 3.90. The molecule has 1 aliphatic carbocycles. The second kappa shape index (κ2) is 7.62. The number of likely N-dealkylation sites (tertiary alicyclic amines) is 1. The summed E-state index contributed by atoms with van der Waals surface area (Å²) in [6.45, 7) is 6.56. The van der Waals surface area contributed by atoms with Crippen LogP contribution in [0, 0.1) is 0 Å². The van der Waals surface area contributed by atoms with Gasteiger partial charge in [0.15, 0.2) is 5.82 Å². The Labute approximate surface area is 169 Å². The minimum absolute atomic E-state index is 0.0532. The van der Waals surface area contributed by atoms with E-state index >= 15 is 0 Å². The average Bonchev–Trinajstić information content (AvgIpc) is 3.30. The number of nitrogens with one attached hydrogen (secondary N) is 2. The Morgan fingerprint density at radius 3 is 2.79 bits per heavy atom. The number of aliphatic hydroxyl groups is 1. The van der Waals surface area contributed by atoms with Crippen molar-refractivity contribution in [3.05, 3.63) is 29.8 Å². The lowest BCUT2D eigenvalue weighted by atomic mass is 9.90. The number of amides is 1. The molecule has 1 saturated carbocycles. The third-order valence-electron chi connectivity index (χ3n) is 5.94. The van der Waals surface area contributed by atoms with Gasteiger partial charge in [0.2, 0.25) is 0 Å². The van der Waals surface area contributed by atoms with Gasteiger partial charge in [-0.1, -0.05) is 0 Å². The number of aromatic amines is 1. The zero-order valence-corrected chi connectivity index (χ0v) is 17.1. The number of hydrogen-bond donors (Lipinski definition) is 3. The molecule has 0 radical (unpaired) electrons. The van der Waals surface area contributed by atoms with E-state index in [1.54, 1.807) is 13.1 Å². The Bertz CT molecular complexity index is 863. The number of aromatic nitrogens is 4. The van der Waals surface area contributed by atoms with Crippen molar-refractivity contribution in [2.45, 2.75) is 70.1 Å². The van der Waals surface area contributed by atoms with Crippen LogP contribution in [-0.2, 0) is 4.74 Å². The molecule has 1 saturated heterocycles. The van der Waals surface area contributed by atoms with Gasteiger partial charge in [-0.3, -0.25) is 10.1 Å². The summed E-state index contributed by atoms with van der Waals surface area (Å²) >= 11 is 0. The Morgan fingerprint density at radius 2 is 2.17 bits per heavy atom. The summed E-state index contributed by atoms with van der Waals surface area (Å²) in [4.78, 5) is 22.6. The number of ether oxygens (including phenoxy) is 1. The third kappa shape index (κ3) is 4.19. The lowest BCUT2D eigenvalue weighted by Gasteiger charge is -2.47. The van der Waals surface area contributed by atoms with E-state index in [1.165, 1.54) is 6.20 Å². The maximum Gasteiger partial charge on any atom is 0.410 e. The molecule has 0 bridgehead atoms. The minimum Gasteiger partial charge on any atom is -0.446 e. The van der Waals surface area contributed by atoms with Gasteiger partial charge in [-0.05, 0) is 46.5 Å². The summed E-state index contributed by atoms with van der Waals surface area (Å²) < 4.78 is 5.73. The van der Waals surface area contributed by atoms with Crippen LogP contribution in [0.5, 0.6) is 0 Å². The number of aliphatic hydroxyl groups excluding tert-OH is 1. The first kappa shape index (κ1) is 19.6. The van der Waals surface area contributed by atoms with Crippen molar-refractivity contribution in [2.75, 3.05) is 11.9 Å². The molecular formula is C20H28N6O3. The van der Waals surface area contributed by atoms with Gasteiger partial charge in [-0.15, -0.1) is 0 Å². The first-order valence-electron chi connectivity index (χ1n) is 10.1. The first-order chi connectivity index (χ1) is 13.8. The zero-order chi connectivity index (χ0) is 20.6. The molecule has 156 valence electrons. The molecule has 2 aromatic heterocycles. The van der Waals surface area contributed by atoms with Gasteiger partial charge in [-0.25, -0.2) is 9.78 Å². The van der Waals surface area contributed by atoms with Gasteiger partial charge >= 0.3 is 6.09 Å². The molecule has 2 aromatic rings. The lowest BCUT2D eigenvalue weighted by Crippen LogP contribution is -2.58. The molecule has 9 heteroatoms. The van der Waals surface area contributed by atoms with Crippen LogP contribution in [-0.4, -0.2) is 54.5 Å². The monoisotopic (exact) mass is 400 g/mol. The third-order valence-corrected chi connectivity index (χ3v) is 5.94. The standard InChI is InChI=1S/C20H28N6O3/c1-12(27)16-10-22-18(11-21-16)23-17-9-15(24-25-17)13-4-5-14(8-13)29-19(28)26-7-6-20(26,2)3/h9-14,27H,4-8H2,1-3H3,(H2,22,23,24,25)/t12?,13-,14+/m0/s1. The normalized spacial score (nSPS) is 24.1. The molecule has 9 nitrogen and oxygen atoms in total. The summed E-state index contributed by atoms with van der Waals surface area (Å²) in [5.41, 5.74) is 1.45. The molecule has 0 spiro atoms. The van der Waals surface area contributed by atoms with Crippen LogP contribution in [0.25, 0.3) is 0 Å². The van der Waals surface area contributed by atoms with Crippen LogP contribution >= 0.6 is 0 Å². The van der Waals surface area contributed by atoms with Gasteiger partial charge in [-0.2, -0.15) is 5.10 Å². The zero-order valence-electron chi connectivity index (χ0n) is 17.1. The number of rotatable bonds is 5. The van der Waals surface area contributed by atoms with Crippen molar-refractivity contribution in [1.29, 1.82) is 0 Å². The van der Waals surface area contributed by atoms with Gasteiger partial charge in [0, 0.05) is 29.8 Å². The topological polar surface area (TPSA) is 116 Å². The largest absolute Gasteiger partial charge is 0.446 e. The summed E-state index contributed by atoms with van der Waals surface area (Å²) in [6, 6.07) is 1.96. The van der Waals surface area contributed by atoms with Crippen LogP contribution in [0.3, 0.4) is 0 Å². The Kier molecular flexibility index (Phi) is 5.16. The lowest BCUT2D eigenvalue weighted by molar-refractivity contribution is -0.0101. The van der Waals surface area contributed by atoms with Crippen molar-refractivity contribution in [3.8, 4) is 0 Å². The quantitative estimate of drug-likeness (QED) is 0.705. The van der Waals surface area contributed by atoms with Crippen molar-refractivity contribution in [1.82, 2.24) is 25.1 Å². The fraction of sp³-hybridized carbons (Fsp3) is 0.600. The van der Waals surface area contributed by atoms with Gasteiger partial charge in [0.05, 0.1) is 24.2 Å². The number of anilines is 2. The molecule has 3 N–H and O–H groups in total. The number of hydrogen-bond acceptors (Lipinski definition) is 7. The molecule has 1 unspecified atom stereocenters. The molecule has 2 fully saturated rings. The number of nitrogens with zero attached hydrogens (tertiary/aromatic N) is 4. The van der Waals surface area contributed by atoms with E-state index in [1.807, 2.05) is 11.0 Å². The number of H-pyrrole nitrogens is 1.